The quantitative estimate of drug-likeness (QED) is 0.750. The Labute approximate surface area is 99.7 Å². The molecule has 2 aliphatic heterocycles. The van der Waals surface area contributed by atoms with Gasteiger partial charge < -0.3 is 11.1 Å². The molecule has 0 radical (unpaired) electrons. The van der Waals surface area contributed by atoms with Gasteiger partial charge in [0.2, 0.25) is 0 Å². The maximum atomic E-state index is 6.19. The summed E-state index contributed by atoms with van der Waals surface area (Å²) in [6.45, 7) is 4.14. The van der Waals surface area contributed by atoms with Crippen LogP contribution in [0, 0.1) is 0 Å². The first-order valence-corrected chi connectivity index (χ1v) is 6.50. The van der Waals surface area contributed by atoms with Crippen LogP contribution in [0.2, 0.25) is 0 Å². The van der Waals surface area contributed by atoms with Gasteiger partial charge in [0, 0.05) is 31.1 Å². The van der Waals surface area contributed by atoms with E-state index in [4.69, 9.17) is 5.73 Å². The lowest BCUT2D eigenvalue weighted by Crippen LogP contribution is -2.56. The molecule has 2 heterocycles. The second kappa shape index (κ2) is 4.25. The van der Waals surface area contributed by atoms with E-state index >= 15 is 0 Å². The van der Waals surface area contributed by atoms with Crippen LogP contribution >= 0.6 is 11.8 Å². The highest BCUT2D eigenvalue weighted by Gasteiger charge is 2.31. The monoisotopic (exact) mass is 236 g/mol. The van der Waals surface area contributed by atoms with E-state index in [0.29, 0.717) is 0 Å². The minimum absolute atomic E-state index is 0.0236. The first-order valence-electron chi connectivity index (χ1n) is 5.62. The van der Waals surface area contributed by atoms with E-state index in [2.05, 4.69) is 39.6 Å². The van der Waals surface area contributed by atoms with E-state index in [-0.39, 0.29) is 5.50 Å². The van der Waals surface area contributed by atoms with E-state index in [9.17, 15) is 0 Å². The van der Waals surface area contributed by atoms with Gasteiger partial charge in [0.15, 0.2) is 0 Å². The number of anilines is 1. The molecule has 2 aliphatic rings. The van der Waals surface area contributed by atoms with Gasteiger partial charge in [-0.2, -0.15) is 0 Å². The first kappa shape index (κ1) is 10.4. The van der Waals surface area contributed by atoms with E-state index in [1.165, 1.54) is 10.6 Å². The average molecular weight is 236 g/mol. The Morgan fingerprint density at radius 3 is 2.81 bits per heavy atom. The summed E-state index contributed by atoms with van der Waals surface area (Å²) in [4.78, 5) is 1.29. The van der Waals surface area contributed by atoms with Gasteiger partial charge in [-0.3, -0.25) is 5.01 Å². The third-order valence-electron chi connectivity index (χ3n) is 3.00. The van der Waals surface area contributed by atoms with E-state index in [1.807, 2.05) is 0 Å². The molecule has 0 bridgehead atoms. The number of thioether (sulfide) groups is 1. The Balaban J connectivity index is 1.89. The number of nitrogens with two attached hydrogens (primary N) is 1. The predicted molar refractivity (Wildman–Crippen MR) is 67.2 cm³/mol. The minimum Gasteiger partial charge on any atom is -0.314 e. The molecule has 16 heavy (non-hydrogen) atoms. The van der Waals surface area contributed by atoms with Crippen LogP contribution in [0.15, 0.2) is 29.2 Å². The standard InChI is InChI=1S/C11H16N4S/c12-11-15(14-7-5-13-6-8-14)9-3-1-2-4-10(9)16-11/h1-4,11,13H,5-8,12H2. The lowest BCUT2D eigenvalue weighted by molar-refractivity contribution is 0.216. The zero-order valence-electron chi connectivity index (χ0n) is 9.10. The highest BCUT2D eigenvalue weighted by atomic mass is 32.2. The third-order valence-corrected chi connectivity index (χ3v) is 4.04. The summed E-state index contributed by atoms with van der Waals surface area (Å²) < 4.78 is 0. The molecule has 1 saturated heterocycles. The van der Waals surface area contributed by atoms with Crippen molar-refractivity contribution in [3.8, 4) is 0 Å². The molecule has 1 aromatic rings. The third kappa shape index (κ3) is 1.69. The van der Waals surface area contributed by atoms with Gasteiger partial charge in [0.25, 0.3) is 0 Å². The number of benzene rings is 1. The van der Waals surface area contributed by atoms with Crippen LogP contribution in [-0.2, 0) is 0 Å². The average Bonchev–Trinajstić information content (AvgIpc) is 2.66. The molecule has 0 aromatic heterocycles. The Morgan fingerprint density at radius 2 is 2.00 bits per heavy atom. The highest BCUT2D eigenvalue weighted by molar-refractivity contribution is 8.00. The molecule has 0 aliphatic carbocycles. The van der Waals surface area contributed by atoms with Crippen molar-refractivity contribution in [2.24, 2.45) is 5.73 Å². The number of hydrazine groups is 1. The number of hydrogen-bond acceptors (Lipinski definition) is 5. The molecule has 1 fully saturated rings. The van der Waals surface area contributed by atoms with Crippen molar-refractivity contribution in [1.82, 2.24) is 10.3 Å². The lowest BCUT2D eigenvalue weighted by Gasteiger charge is -2.38. The molecule has 4 nitrogen and oxygen atoms in total. The fraction of sp³-hybridized carbons (Fsp3) is 0.455. The number of fused-ring (bicyclic) bond motifs is 1. The van der Waals surface area contributed by atoms with E-state index in [0.717, 1.165) is 26.2 Å². The maximum Gasteiger partial charge on any atom is 0.145 e. The summed E-state index contributed by atoms with van der Waals surface area (Å²) in [6.07, 6.45) is 0. The molecule has 0 spiro atoms. The maximum absolute atomic E-state index is 6.19. The number of para-hydroxylation sites is 1. The smallest absolute Gasteiger partial charge is 0.145 e. The molecule has 3 rings (SSSR count). The molecule has 0 saturated carbocycles. The summed E-state index contributed by atoms with van der Waals surface area (Å²) in [6, 6.07) is 8.44. The van der Waals surface area contributed by atoms with Crippen molar-refractivity contribution in [1.29, 1.82) is 0 Å². The Bertz CT molecular complexity index is 378. The number of rotatable bonds is 1. The van der Waals surface area contributed by atoms with Gasteiger partial charge in [0.1, 0.15) is 5.50 Å². The Kier molecular flexibility index (Phi) is 2.77. The fourth-order valence-electron chi connectivity index (χ4n) is 2.24. The second-order valence-corrected chi connectivity index (χ2v) is 5.18. The van der Waals surface area contributed by atoms with Crippen LogP contribution in [-0.4, -0.2) is 36.7 Å². The summed E-state index contributed by atoms with van der Waals surface area (Å²) in [5.74, 6) is 0. The van der Waals surface area contributed by atoms with Gasteiger partial charge in [-0.05, 0) is 12.1 Å². The van der Waals surface area contributed by atoms with Crippen LogP contribution < -0.4 is 16.1 Å². The van der Waals surface area contributed by atoms with Gasteiger partial charge in [-0.15, -0.1) is 0 Å². The van der Waals surface area contributed by atoms with Crippen molar-refractivity contribution < 1.29 is 0 Å². The molecule has 1 atom stereocenters. The number of hydrogen-bond donors (Lipinski definition) is 2. The number of nitrogens with zero attached hydrogens (tertiary/aromatic N) is 2. The van der Waals surface area contributed by atoms with Crippen molar-refractivity contribution in [2.75, 3.05) is 31.2 Å². The van der Waals surface area contributed by atoms with Gasteiger partial charge in [-0.1, -0.05) is 23.9 Å². The first-order chi connectivity index (χ1) is 7.86. The zero-order chi connectivity index (χ0) is 11.0. The summed E-state index contributed by atoms with van der Waals surface area (Å²) in [5, 5.41) is 7.95. The molecule has 86 valence electrons. The largest absolute Gasteiger partial charge is 0.314 e. The van der Waals surface area contributed by atoms with Crippen LogP contribution in [0.3, 0.4) is 0 Å². The van der Waals surface area contributed by atoms with Crippen LogP contribution in [0.25, 0.3) is 0 Å². The topological polar surface area (TPSA) is 44.5 Å². The molecule has 1 unspecified atom stereocenters. The SMILES string of the molecule is NC1Sc2ccccc2N1N1CCNCC1. The van der Waals surface area contributed by atoms with E-state index in [1.54, 1.807) is 11.8 Å². The summed E-state index contributed by atoms with van der Waals surface area (Å²) in [7, 11) is 0. The molecule has 1 aromatic carbocycles. The normalized spacial score (nSPS) is 25.8. The highest BCUT2D eigenvalue weighted by Crippen LogP contribution is 2.41. The van der Waals surface area contributed by atoms with Crippen molar-refractivity contribution in [2.45, 2.75) is 10.4 Å². The molecule has 3 N–H and O–H groups in total. The van der Waals surface area contributed by atoms with Crippen LogP contribution in [0.1, 0.15) is 0 Å². The minimum atomic E-state index is 0.0236. The van der Waals surface area contributed by atoms with Gasteiger partial charge in [-0.25, -0.2) is 5.01 Å². The zero-order valence-corrected chi connectivity index (χ0v) is 9.91. The Hall–Kier alpha value is -0.750. The van der Waals surface area contributed by atoms with Gasteiger partial charge in [0.05, 0.1) is 5.69 Å². The van der Waals surface area contributed by atoms with Gasteiger partial charge >= 0.3 is 0 Å². The molecule has 0 amide bonds. The summed E-state index contributed by atoms with van der Waals surface area (Å²) >= 11 is 1.73. The number of piperazine rings is 1. The molecular formula is C11H16N4S. The summed E-state index contributed by atoms with van der Waals surface area (Å²) in [5.41, 5.74) is 7.46. The second-order valence-electron chi connectivity index (χ2n) is 4.02. The van der Waals surface area contributed by atoms with Crippen molar-refractivity contribution >= 4 is 17.4 Å². The Morgan fingerprint density at radius 1 is 1.25 bits per heavy atom. The van der Waals surface area contributed by atoms with Crippen molar-refractivity contribution in [3.05, 3.63) is 24.3 Å². The molecule has 5 heteroatoms. The lowest BCUT2D eigenvalue weighted by atomic mass is 10.3. The number of nitrogens with one attached hydrogen (secondary N) is 1. The van der Waals surface area contributed by atoms with Crippen molar-refractivity contribution in [3.63, 3.8) is 0 Å². The van der Waals surface area contributed by atoms with Crippen LogP contribution in [0.4, 0.5) is 5.69 Å². The van der Waals surface area contributed by atoms with Crippen LogP contribution in [0.5, 0.6) is 0 Å². The predicted octanol–water partition coefficient (Wildman–Crippen LogP) is 0.661. The molecular weight excluding hydrogens is 220 g/mol. The fourth-order valence-corrected chi connectivity index (χ4v) is 3.29. The van der Waals surface area contributed by atoms with E-state index < -0.39 is 0 Å².